The van der Waals surface area contributed by atoms with Gasteiger partial charge in [0.2, 0.25) is 0 Å². The van der Waals surface area contributed by atoms with Crippen molar-refractivity contribution in [2.45, 2.75) is 37.3 Å². The summed E-state index contributed by atoms with van der Waals surface area (Å²) in [6.07, 6.45) is 4.29. The van der Waals surface area contributed by atoms with Gasteiger partial charge in [-0.15, -0.1) is 0 Å². The number of benzene rings is 1. The van der Waals surface area contributed by atoms with Crippen LogP contribution in [-0.2, 0) is 4.74 Å². The average molecular weight is 253 g/mol. The zero-order valence-corrected chi connectivity index (χ0v) is 10.2. The van der Waals surface area contributed by atoms with Crippen LogP contribution in [0, 0.1) is 11.6 Å². The SMILES string of the molecule is Fc1cccc(C2CNC3(CCCC3)CO2)c1F. The third-order valence-corrected chi connectivity index (χ3v) is 4.11. The van der Waals surface area contributed by atoms with Crippen molar-refractivity contribution < 1.29 is 13.5 Å². The predicted octanol–water partition coefficient (Wildman–Crippen LogP) is 2.94. The van der Waals surface area contributed by atoms with Crippen LogP contribution < -0.4 is 5.32 Å². The van der Waals surface area contributed by atoms with Crippen LogP contribution in [0.25, 0.3) is 0 Å². The number of hydrogen-bond acceptors (Lipinski definition) is 2. The summed E-state index contributed by atoms with van der Waals surface area (Å²) in [6.45, 7) is 1.15. The van der Waals surface area contributed by atoms with Gasteiger partial charge in [-0.1, -0.05) is 25.0 Å². The Hall–Kier alpha value is -1.00. The summed E-state index contributed by atoms with van der Waals surface area (Å²) in [4.78, 5) is 0. The molecule has 1 spiro atoms. The highest BCUT2D eigenvalue weighted by Crippen LogP contribution is 2.35. The van der Waals surface area contributed by atoms with Crippen molar-refractivity contribution in [2.75, 3.05) is 13.2 Å². The minimum atomic E-state index is -0.808. The summed E-state index contributed by atoms with van der Waals surface area (Å²) in [7, 11) is 0. The summed E-state index contributed by atoms with van der Waals surface area (Å²) in [6, 6.07) is 4.25. The van der Waals surface area contributed by atoms with Gasteiger partial charge in [0.1, 0.15) is 0 Å². The Morgan fingerprint density at radius 2 is 2.00 bits per heavy atom. The average Bonchev–Trinajstić information content (AvgIpc) is 2.83. The molecule has 1 aliphatic heterocycles. The van der Waals surface area contributed by atoms with Crippen LogP contribution in [0.1, 0.15) is 37.4 Å². The van der Waals surface area contributed by atoms with Crippen molar-refractivity contribution in [3.05, 3.63) is 35.4 Å². The zero-order chi connectivity index (χ0) is 12.6. The molecule has 0 aromatic heterocycles. The van der Waals surface area contributed by atoms with Gasteiger partial charge in [-0.2, -0.15) is 0 Å². The third kappa shape index (κ3) is 2.04. The fourth-order valence-electron chi connectivity index (χ4n) is 3.02. The molecular weight excluding hydrogens is 236 g/mol. The summed E-state index contributed by atoms with van der Waals surface area (Å²) in [5.41, 5.74) is 0.399. The third-order valence-electron chi connectivity index (χ3n) is 4.11. The maximum absolute atomic E-state index is 13.7. The van der Waals surface area contributed by atoms with E-state index in [1.807, 2.05) is 0 Å². The van der Waals surface area contributed by atoms with Gasteiger partial charge >= 0.3 is 0 Å². The van der Waals surface area contributed by atoms with Gasteiger partial charge in [-0.05, 0) is 18.9 Å². The molecule has 2 fully saturated rings. The van der Waals surface area contributed by atoms with Gasteiger partial charge in [0, 0.05) is 17.6 Å². The monoisotopic (exact) mass is 253 g/mol. The van der Waals surface area contributed by atoms with E-state index in [9.17, 15) is 8.78 Å². The lowest BCUT2D eigenvalue weighted by Gasteiger charge is -2.38. The molecule has 1 aliphatic carbocycles. The van der Waals surface area contributed by atoms with Crippen molar-refractivity contribution >= 4 is 0 Å². The Morgan fingerprint density at radius 1 is 1.22 bits per heavy atom. The second kappa shape index (κ2) is 4.59. The van der Waals surface area contributed by atoms with Crippen LogP contribution in [0.15, 0.2) is 18.2 Å². The van der Waals surface area contributed by atoms with Crippen molar-refractivity contribution in [2.24, 2.45) is 0 Å². The Labute approximate surface area is 105 Å². The molecule has 1 saturated heterocycles. The minimum absolute atomic E-state index is 0.0836. The number of hydrogen-bond donors (Lipinski definition) is 1. The molecule has 0 radical (unpaired) electrons. The molecule has 4 heteroatoms. The van der Waals surface area contributed by atoms with E-state index in [0.717, 1.165) is 18.9 Å². The first-order valence-corrected chi connectivity index (χ1v) is 6.51. The van der Waals surface area contributed by atoms with Crippen LogP contribution in [0.5, 0.6) is 0 Å². The number of ether oxygens (including phenoxy) is 1. The Balaban J connectivity index is 1.74. The fourth-order valence-corrected chi connectivity index (χ4v) is 3.02. The van der Waals surface area contributed by atoms with Crippen LogP contribution in [0.4, 0.5) is 8.78 Å². The number of rotatable bonds is 1. The molecule has 2 nitrogen and oxygen atoms in total. The largest absolute Gasteiger partial charge is 0.370 e. The summed E-state index contributed by atoms with van der Waals surface area (Å²) in [5.74, 6) is -1.59. The Bertz CT molecular complexity index is 433. The molecule has 1 heterocycles. The van der Waals surface area contributed by atoms with E-state index in [1.165, 1.54) is 18.9 Å². The van der Waals surface area contributed by atoms with Crippen LogP contribution in [0.3, 0.4) is 0 Å². The maximum Gasteiger partial charge on any atom is 0.164 e. The second-order valence-corrected chi connectivity index (χ2v) is 5.31. The van der Waals surface area contributed by atoms with Gasteiger partial charge in [0.25, 0.3) is 0 Å². The molecule has 1 aromatic rings. The minimum Gasteiger partial charge on any atom is -0.370 e. The van der Waals surface area contributed by atoms with Crippen molar-refractivity contribution in [3.63, 3.8) is 0 Å². The van der Waals surface area contributed by atoms with Gasteiger partial charge in [-0.3, -0.25) is 0 Å². The van der Waals surface area contributed by atoms with Crippen molar-refractivity contribution in [3.8, 4) is 0 Å². The first kappa shape index (κ1) is 12.1. The smallest absolute Gasteiger partial charge is 0.164 e. The zero-order valence-electron chi connectivity index (χ0n) is 10.2. The summed E-state index contributed by atoms with van der Waals surface area (Å²) >= 11 is 0. The van der Waals surface area contributed by atoms with E-state index in [4.69, 9.17) is 4.74 Å². The highest BCUT2D eigenvalue weighted by atomic mass is 19.2. The summed E-state index contributed by atoms with van der Waals surface area (Å²) < 4.78 is 32.6. The van der Waals surface area contributed by atoms with Crippen molar-refractivity contribution in [1.82, 2.24) is 5.32 Å². The molecule has 1 N–H and O–H groups in total. The first-order valence-electron chi connectivity index (χ1n) is 6.51. The molecule has 1 aromatic carbocycles. The predicted molar refractivity (Wildman–Crippen MR) is 64.3 cm³/mol. The normalized spacial score (nSPS) is 26.7. The lowest BCUT2D eigenvalue weighted by atomic mass is 9.95. The van der Waals surface area contributed by atoms with Gasteiger partial charge in [0.05, 0.1) is 12.7 Å². The van der Waals surface area contributed by atoms with Gasteiger partial charge in [0.15, 0.2) is 11.6 Å². The molecule has 0 amide bonds. The van der Waals surface area contributed by atoms with Crippen LogP contribution >= 0.6 is 0 Å². The van der Waals surface area contributed by atoms with Crippen LogP contribution in [0.2, 0.25) is 0 Å². The van der Waals surface area contributed by atoms with E-state index >= 15 is 0 Å². The molecule has 18 heavy (non-hydrogen) atoms. The van der Waals surface area contributed by atoms with E-state index in [0.29, 0.717) is 18.7 Å². The Morgan fingerprint density at radius 3 is 2.67 bits per heavy atom. The lowest BCUT2D eigenvalue weighted by Crippen LogP contribution is -2.53. The van der Waals surface area contributed by atoms with Gasteiger partial charge < -0.3 is 10.1 Å². The topological polar surface area (TPSA) is 21.3 Å². The van der Waals surface area contributed by atoms with E-state index < -0.39 is 11.6 Å². The van der Waals surface area contributed by atoms with Crippen molar-refractivity contribution in [1.29, 1.82) is 0 Å². The second-order valence-electron chi connectivity index (χ2n) is 5.31. The molecule has 1 atom stereocenters. The van der Waals surface area contributed by atoms with Crippen LogP contribution in [-0.4, -0.2) is 18.7 Å². The number of halogens is 2. The molecule has 3 rings (SSSR count). The Kier molecular flexibility index (Phi) is 3.08. The fraction of sp³-hybridized carbons (Fsp3) is 0.571. The van der Waals surface area contributed by atoms with E-state index in [-0.39, 0.29) is 11.6 Å². The molecular formula is C14H17F2NO. The van der Waals surface area contributed by atoms with E-state index in [1.54, 1.807) is 6.07 Å². The molecule has 1 unspecified atom stereocenters. The summed E-state index contributed by atoms with van der Waals surface area (Å²) in [5, 5.41) is 3.48. The lowest BCUT2D eigenvalue weighted by molar-refractivity contribution is -0.0343. The molecule has 2 aliphatic rings. The number of morpholine rings is 1. The first-order chi connectivity index (χ1) is 8.70. The number of nitrogens with one attached hydrogen (secondary N) is 1. The van der Waals surface area contributed by atoms with Gasteiger partial charge in [-0.25, -0.2) is 8.78 Å². The standard InChI is InChI=1S/C14H17F2NO/c15-11-5-3-4-10(13(11)16)12-8-17-14(9-18-12)6-1-2-7-14/h3-5,12,17H,1-2,6-9H2. The highest BCUT2D eigenvalue weighted by Gasteiger charge is 2.38. The molecule has 1 saturated carbocycles. The maximum atomic E-state index is 13.7. The quantitative estimate of drug-likeness (QED) is 0.831. The highest BCUT2D eigenvalue weighted by molar-refractivity contribution is 5.22. The van der Waals surface area contributed by atoms with E-state index in [2.05, 4.69) is 5.32 Å². The molecule has 98 valence electrons. The molecule has 0 bridgehead atoms.